The van der Waals surface area contributed by atoms with Crippen LogP contribution in [-0.4, -0.2) is 52.1 Å². The van der Waals surface area contributed by atoms with E-state index in [0.717, 1.165) is 17.3 Å². The molecule has 6 rings (SSSR count). The molecule has 1 atom stereocenters. The minimum atomic E-state index is -0.134. The average molecular weight is 507 g/mol. The van der Waals surface area contributed by atoms with Crippen molar-refractivity contribution in [1.82, 2.24) is 19.4 Å². The van der Waals surface area contributed by atoms with Gasteiger partial charge in [0.2, 0.25) is 0 Å². The fourth-order valence-electron chi connectivity index (χ4n) is 5.41. The third-order valence-corrected chi connectivity index (χ3v) is 7.40. The Labute approximate surface area is 221 Å². The summed E-state index contributed by atoms with van der Waals surface area (Å²) >= 11 is 0. The van der Waals surface area contributed by atoms with Gasteiger partial charge in [0.15, 0.2) is 0 Å². The molecular weight excluding hydrogens is 476 g/mol. The van der Waals surface area contributed by atoms with E-state index in [-0.39, 0.29) is 24.4 Å². The zero-order valence-corrected chi connectivity index (χ0v) is 21.6. The van der Waals surface area contributed by atoms with E-state index in [1.165, 1.54) is 22.0 Å². The van der Waals surface area contributed by atoms with Crippen LogP contribution in [0, 0.1) is 0 Å². The molecule has 0 bridgehead atoms. The molecule has 0 saturated heterocycles. The van der Waals surface area contributed by atoms with Crippen LogP contribution in [0.5, 0.6) is 5.75 Å². The number of nitrogens with one attached hydrogen (secondary N) is 1. The molecule has 0 spiro atoms. The number of aryl methyl sites for hydroxylation is 1. The summed E-state index contributed by atoms with van der Waals surface area (Å²) in [7, 11) is 3.65. The third-order valence-electron chi connectivity index (χ3n) is 7.40. The van der Waals surface area contributed by atoms with Gasteiger partial charge in [-0.3, -0.25) is 14.2 Å². The minimum absolute atomic E-state index is 0.0331. The van der Waals surface area contributed by atoms with Gasteiger partial charge in [-0.25, -0.2) is 0 Å². The van der Waals surface area contributed by atoms with Crippen LogP contribution in [0.15, 0.2) is 85.1 Å². The summed E-state index contributed by atoms with van der Waals surface area (Å²) in [5, 5.41) is 5.70. The minimum Gasteiger partial charge on any atom is -0.497 e. The molecule has 0 fully saturated rings. The Morgan fingerprint density at radius 1 is 0.895 bits per heavy atom. The van der Waals surface area contributed by atoms with Crippen LogP contribution in [0.4, 0.5) is 0 Å². The van der Waals surface area contributed by atoms with E-state index in [9.17, 15) is 9.59 Å². The largest absolute Gasteiger partial charge is 0.497 e. The van der Waals surface area contributed by atoms with Crippen molar-refractivity contribution in [2.75, 3.05) is 20.2 Å². The predicted molar refractivity (Wildman–Crippen MR) is 149 cm³/mol. The van der Waals surface area contributed by atoms with Gasteiger partial charge in [-0.05, 0) is 59.3 Å². The molecule has 1 aliphatic rings. The standard InChI is InChI=1S/C31H30N4O3/c1-33-13-12-23-9-8-22(15-28(23)33)18-32-25(14-21-6-4-3-5-7-21)19-34-20-30(36)35-27-11-10-26(38-2)16-24(27)17-29(35)31(34)37/h3-13,15-17,25,32H,14,18-20H2,1-2H3/t25-/m0/s1. The molecule has 1 N–H and O–H groups in total. The molecule has 0 radical (unpaired) electrons. The maximum absolute atomic E-state index is 13.6. The van der Waals surface area contributed by atoms with E-state index >= 15 is 0 Å². The quantitative estimate of drug-likeness (QED) is 0.333. The molecule has 0 saturated carbocycles. The van der Waals surface area contributed by atoms with Gasteiger partial charge in [-0.1, -0.05) is 42.5 Å². The van der Waals surface area contributed by atoms with Crippen LogP contribution in [-0.2, 0) is 20.0 Å². The molecule has 38 heavy (non-hydrogen) atoms. The zero-order valence-electron chi connectivity index (χ0n) is 21.6. The molecule has 5 aromatic rings. The Morgan fingerprint density at radius 2 is 1.74 bits per heavy atom. The normalized spacial score (nSPS) is 14.3. The van der Waals surface area contributed by atoms with Crippen LogP contribution in [0.3, 0.4) is 0 Å². The molecule has 2 aromatic heterocycles. The highest BCUT2D eigenvalue weighted by molar-refractivity contribution is 6.09. The number of fused-ring (bicyclic) bond motifs is 4. The van der Waals surface area contributed by atoms with Crippen molar-refractivity contribution >= 4 is 33.6 Å². The lowest BCUT2D eigenvalue weighted by atomic mass is 10.0. The zero-order chi connectivity index (χ0) is 26.2. The summed E-state index contributed by atoms with van der Waals surface area (Å²) in [5.74, 6) is 0.454. The topological polar surface area (TPSA) is 68.5 Å². The first kappa shape index (κ1) is 24.0. The second-order valence-electron chi connectivity index (χ2n) is 9.96. The van der Waals surface area contributed by atoms with Crippen molar-refractivity contribution in [3.05, 3.63) is 102 Å². The van der Waals surface area contributed by atoms with Crippen LogP contribution in [0.25, 0.3) is 21.8 Å². The Bertz CT molecular complexity index is 1650. The lowest BCUT2D eigenvalue weighted by Gasteiger charge is -2.31. The summed E-state index contributed by atoms with van der Waals surface area (Å²) in [5.41, 5.74) is 4.67. The molecule has 3 aromatic carbocycles. The number of carbonyl (C=O) groups excluding carboxylic acids is 2. The van der Waals surface area contributed by atoms with Gasteiger partial charge in [0.1, 0.15) is 18.0 Å². The monoisotopic (exact) mass is 506 g/mol. The number of benzene rings is 3. The van der Waals surface area contributed by atoms with Crippen molar-refractivity contribution in [1.29, 1.82) is 0 Å². The molecule has 0 aliphatic carbocycles. The molecular formula is C31H30N4O3. The van der Waals surface area contributed by atoms with E-state index in [1.54, 1.807) is 22.6 Å². The highest BCUT2D eigenvalue weighted by Gasteiger charge is 2.33. The Morgan fingerprint density at radius 3 is 2.55 bits per heavy atom. The molecule has 3 heterocycles. The van der Waals surface area contributed by atoms with Crippen molar-refractivity contribution in [3.63, 3.8) is 0 Å². The number of amides is 1. The molecule has 1 amide bonds. The van der Waals surface area contributed by atoms with Gasteiger partial charge in [0.05, 0.1) is 12.6 Å². The average Bonchev–Trinajstić information content (AvgIpc) is 3.51. The van der Waals surface area contributed by atoms with E-state index in [1.807, 2.05) is 43.4 Å². The number of hydrogen-bond donors (Lipinski definition) is 1. The Balaban J connectivity index is 1.25. The number of nitrogens with zero attached hydrogens (tertiary/aromatic N) is 3. The highest BCUT2D eigenvalue weighted by atomic mass is 16.5. The number of rotatable bonds is 8. The first-order chi connectivity index (χ1) is 18.5. The van der Waals surface area contributed by atoms with Crippen molar-refractivity contribution in [2.24, 2.45) is 7.05 Å². The van der Waals surface area contributed by atoms with Gasteiger partial charge in [0.25, 0.3) is 11.8 Å². The van der Waals surface area contributed by atoms with E-state index in [0.29, 0.717) is 24.5 Å². The summed E-state index contributed by atoms with van der Waals surface area (Å²) in [6.45, 7) is 1.13. The van der Waals surface area contributed by atoms with Gasteiger partial charge < -0.3 is 19.5 Å². The lowest BCUT2D eigenvalue weighted by molar-refractivity contribution is 0.0608. The van der Waals surface area contributed by atoms with Crippen molar-refractivity contribution in [3.8, 4) is 5.75 Å². The van der Waals surface area contributed by atoms with Crippen molar-refractivity contribution in [2.45, 2.75) is 19.0 Å². The highest BCUT2D eigenvalue weighted by Crippen LogP contribution is 2.28. The first-order valence-electron chi connectivity index (χ1n) is 12.8. The lowest BCUT2D eigenvalue weighted by Crippen LogP contribution is -2.50. The van der Waals surface area contributed by atoms with Crippen LogP contribution < -0.4 is 10.1 Å². The van der Waals surface area contributed by atoms with E-state index < -0.39 is 0 Å². The fourth-order valence-corrected chi connectivity index (χ4v) is 5.41. The maximum Gasteiger partial charge on any atom is 0.271 e. The molecule has 0 unspecified atom stereocenters. The third kappa shape index (κ3) is 4.46. The number of methoxy groups -OCH3 is 1. The molecule has 7 nitrogen and oxygen atoms in total. The van der Waals surface area contributed by atoms with Crippen LogP contribution in [0.1, 0.15) is 26.4 Å². The predicted octanol–water partition coefficient (Wildman–Crippen LogP) is 4.64. The SMILES string of the molecule is COc1ccc2c(c1)cc1n2C(=O)CN(C[C@H](Cc2ccccc2)NCc2ccc3ccn(C)c3c2)C1=O. The summed E-state index contributed by atoms with van der Waals surface area (Å²) in [6, 6.07) is 26.1. The summed E-state index contributed by atoms with van der Waals surface area (Å²) < 4.78 is 8.99. The van der Waals surface area contributed by atoms with Gasteiger partial charge in [-0.2, -0.15) is 0 Å². The van der Waals surface area contributed by atoms with Crippen molar-refractivity contribution < 1.29 is 14.3 Å². The first-order valence-corrected chi connectivity index (χ1v) is 12.8. The van der Waals surface area contributed by atoms with E-state index in [2.05, 4.69) is 52.5 Å². The Kier molecular flexibility index (Phi) is 6.21. The molecule has 1 aliphatic heterocycles. The number of ether oxygens (including phenoxy) is 1. The second kappa shape index (κ2) is 9.84. The van der Waals surface area contributed by atoms with Gasteiger partial charge in [0, 0.05) is 43.3 Å². The van der Waals surface area contributed by atoms with E-state index in [4.69, 9.17) is 4.74 Å². The fraction of sp³-hybridized carbons (Fsp3) is 0.226. The summed E-state index contributed by atoms with van der Waals surface area (Å²) in [4.78, 5) is 28.5. The van der Waals surface area contributed by atoms with Gasteiger partial charge in [-0.15, -0.1) is 0 Å². The second-order valence-corrected chi connectivity index (χ2v) is 9.96. The van der Waals surface area contributed by atoms with Crippen LogP contribution in [0.2, 0.25) is 0 Å². The number of hydrogen-bond acceptors (Lipinski definition) is 4. The van der Waals surface area contributed by atoms with Gasteiger partial charge >= 0.3 is 0 Å². The Hall–Kier alpha value is -4.36. The smallest absolute Gasteiger partial charge is 0.271 e. The number of aromatic nitrogens is 2. The number of carbonyl (C=O) groups is 2. The maximum atomic E-state index is 13.6. The molecule has 192 valence electrons. The van der Waals surface area contributed by atoms with Crippen LogP contribution >= 0.6 is 0 Å². The molecule has 7 heteroatoms. The summed E-state index contributed by atoms with van der Waals surface area (Å²) in [6.07, 6.45) is 2.81.